The number of anilines is 1. The van der Waals surface area contributed by atoms with Gasteiger partial charge >= 0.3 is 6.03 Å². The van der Waals surface area contributed by atoms with Crippen molar-refractivity contribution in [2.45, 2.75) is 19.3 Å². The number of halogens is 2. The first-order valence-corrected chi connectivity index (χ1v) is 7.22. The highest BCUT2D eigenvalue weighted by atomic mass is 35.5. The maximum Gasteiger partial charge on any atom is 0.319 e. The van der Waals surface area contributed by atoms with E-state index in [0.717, 1.165) is 13.0 Å². The minimum absolute atomic E-state index is 0.0358. The summed E-state index contributed by atoms with van der Waals surface area (Å²) in [7, 11) is 0. The standard InChI is InChI=1S/C14H17ClFN3O2/c15-10-4-1-5-11(16)13(10)18-14(21)17-7-3-9-19-8-2-6-12(19)20/h1,4-5H,2-3,6-9H2,(H2,17,18,21). The van der Waals surface area contributed by atoms with Crippen LogP contribution in [0.3, 0.4) is 0 Å². The van der Waals surface area contributed by atoms with E-state index in [0.29, 0.717) is 25.9 Å². The molecule has 1 saturated heterocycles. The van der Waals surface area contributed by atoms with E-state index >= 15 is 0 Å². The van der Waals surface area contributed by atoms with Gasteiger partial charge < -0.3 is 15.5 Å². The van der Waals surface area contributed by atoms with E-state index in [-0.39, 0.29) is 16.6 Å². The van der Waals surface area contributed by atoms with Crippen molar-refractivity contribution >= 4 is 29.2 Å². The van der Waals surface area contributed by atoms with Crippen molar-refractivity contribution < 1.29 is 14.0 Å². The molecule has 5 nitrogen and oxygen atoms in total. The molecule has 1 aliphatic rings. The lowest BCUT2D eigenvalue weighted by Gasteiger charge is -2.15. The van der Waals surface area contributed by atoms with Gasteiger partial charge in [0.15, 0.2) is 0 Å². The molecule has 0 radical (unpaired) electrons. The number of benzene rings is 1. The third-order valence-electron chi connectivity index (χ3n) is 3.26. The molecule has 1 fully saturated rings. The monoisotopic (exact) mass is 313 g/mol. The van der Waals surface area contributed by atoms with Gasteiger partial charge in [-0.25, -0.2) is 9.18 Å². The van der Waals surface area contributed by atoms with Gasteiger partial charge in [0.05, 0.1) is 10.7 Å². The maximum atomic E-state index is 13.5. The number of nitrogens with one attached hydrogen (secondary N) is 2. The van der Waals surface area contributed by atoms with Gasteiger partial charge in [0.25, 0.3) is 0 Å². The van der Waals surface area contributed by atoms with Gasteiger partial charge in [-0.3, -0.25) is 4.79 Å². The Bertz CT molecular complexity index is 519. The Morgan fingerprint density at radius 2 is 2.24 bits per heavy atom. The predicted octanol–water partition coefficient (Wildman–Crippen LogP) is 2.61. The fourth-order valence-corrected chi connectivity index (χ4v) is 2.40. The minimum atomic E-state index is -0.583. The second-order valence-electron chi connectivity index (χ2n) is 4.82. The van der Waals surface area contributed by atoms with E-state index in [1.54, 1.807) is 4.90 Å². The van der Waals surface area contributed by atoms with Gasteiger partial charge in [0.1, 0.15) is 5.82 Å². The van der Waals surface area contributed by atoms with Gasteiger partial charge in [-0.2, -0.15) is 0 Å². The summed E-state index contributed by atoms with van der Waals surface area (Å²) >= 11 is 5.81. The van der Waals surface area contributed by atoms with Gasteiger partial charge in [0.2, 0.25) is 5.91 Å². The Balaban J connectivity index is 1.71. The van der Waals surface area contributed by atoms with Crippen LogP contribution in [0.15, 0.2) is 18.2 Å². The summed E-state index contributed by atoms with van der Waals surface area (Å²) in [5.74, 6) is -0.419. The largest absolute Gasteiger partial charge is 0.343 e. The molecule has 0 aromatic heterocycles. The molecule has 0 aliphatic carbocycles. The van der Waals surface area contributed by atoms with Crippen molar-refractivity contribution in [3.05, 3.63) is 29.0 Å². The van der Waals surface area contributed by atoms with Crippen LogP contribution in [0.5, 0.6) is 0 Å². The number of hydrogen-bond acceptors (Lipinski definition) is 2. The number of para-hydroxylation sites is 1. The molecule has 1 aromatic rings. The van der Waals surface area contributed by atoms with Crippen LogP contribution in [0.25, 0.3) is 0 Å². The first-order valence-electron chi connectivity index (χ1n) is 6.84. The first-order chi connectivity index (χ1) is 10.1. The molecule has 0 spiro atoms. The Labute approximate surface area is 127 Å². The number of hydrogen-bond donors (Lipinski definition) is 2. The van der Waals surface area contributed by atoms with Crippen LogP contribution in [-0.4, -0.2) is 36.5 Å². The van der Waals surface area contributed by atoms with Crippen LogP contribution in [0, 0.1) is 5.82 Å². The van der Waals surface area contributed by atoms with Crippen molar-refractivity contribution in [2.24, 2.45) is 0 Å². The van der Waals surface area contributed by atoms with E-state index < -0.39 is 11.8 Å². The smallest absolute Gasteiger partial charge is 0.319 e. The molecule has 3 amide bonds. The van der Waals surface area contributed by atoms with Crippen molar-refractivity contribution in [3.63, 3.8) is 0 Å². The molecule has 1 heterocycles. The lowest BCUT2D eigenvalue weighted by atomic mass is 10.3. The fraction of sp³-hybridized carbons (Fsp3) is 0.429. The van der Waals surface area contributed by atoms with Crippen molar-refractivity contribution in [1.29, 1.82) is 0 Å². The van der Waals surface area contributed by atoms with Crippen molar-refractivity contribution in [2.75, 3.05) is 25.0 Å². The summed E-state index contributed by atoms with van der Waals surface area (Å²) in [4.78, 5) is 24.8. The maximum absolute atomic E-state index is 13.5. The zero-order valence-electron chi connectivity index (χ0n) is 11.5. The SMILES string of the molecule is O=C(NCCCN1CCCC1=O)Nc1c(F)cccc1Cl. The number of urea groups is 1. The molecular formula is C14H17ClFN3O2. The number of carbonyl (C=O) groups excluding carboxylic acids is 2. The topological polar surface area (TPSA) is 61.4 Å². The summed E-state index contributed by atoms with van der Waals surface area (Å²) in [5.41, 5.74) is -0.0358. The average molecular weight is 314 g/mol. The summed E-state index contributed by atoms with van der Waals surface area (Å²) in [6.45, 7) is 1.82. The van der Waals surface area contributed by atoms with Gasteiger partial charge in [-0.05, 0) is 25.0 Å². The number of carbonyl (C=O) groups is 2. The Hall–Kier alpha value is -1.82. The van der Waals surface area contributed by atoms with Gasteiger partial charge in [-0.15, -0.1) is 0 Å². The van der Waals surface area contributed by atoms with Crippen LogP contribution in [0.2, 0.25) is 5.02 Å². The average Bonchev–Trinajstić information content (AvgIpc) is 2.85. The molecule has 1 aliphatic heterocycles. The summed E-state index contributed by atoms with van der Waals surface area (Å²) < 4.78 is 13.5. The molecule has 0 saturated carbocycles. The number of likely N-dealkylation sites (tertiary alicyclic amines) is 1. The molecule has 0 unspecified atom stereocenters. The van der Waals surface area contributed by atoms with Crippen LogP contribution in [0.1, 0.15) is 19.3 Å². The Kier molecular flexibility index (Phi) is 5.38. The van der Waals surface area contributed by atoms with Crippen molar-refractivity contribution in [1.82, 2.24) is 10.2 Å². The minimum Gasteiger partial charge on any atom is -0.343 e. The zero-order chi connectivity index (χ0) is 15.2. The van der Waals surface area contributed by atoms with E-state index in [1.807, 2.05) is 0 Å². The molecule has 0 atom stereocenters. The van der Waals surface area contributed by atoms with E-state index in [9.17, 15) is 14.0 Å². The molecule has 1 aromatic carbocycles. The summed E-state index contributed by atoms with van der Waals surface area (Å²) in [6, 6.07) is 3.67. The van der Waals surface area contributed by atoms with E-state index in [2.05, 4.69) is 10.6 Å². The highest BCUT2D eigenvalue weighted by Gasteiger charge is 2.19. The highest BCUT2D eigenvalue weighted by molar-refractivity contribution is 6.33. The lowest BCUT2D eigenvalue weighted by Crippen LogP contribution is -2.33. The van der Waals surface area contributed by atoms with Crippen LogP contribution in [0.4, 0.5) is 14.9 Å². The summed E-state index contributed by atoms with van der Waals surface area (Å²) in [5, 5.41) is 5.14. The van der Waals surface area contributed by atoms with E-state index in [4.69, 9.17) is 11.6 Å². The third kappa shape index (κ3) is 4.32. The second kappa shape index (κ2) is 7.26. The molecule has 0 bridgehead atoms. The second-order valence-corrected chi connectivity index (χ2v) is 5.22. The quantitative estimate of drug-likeness (QED) is 0.821. The van der Waals surface area contributed by atoms with Gasteiger partial charge in [-0.1, -0.05) is 17.7 Å². The lowest BCUT2D eigenvalue weighted by molar-refractivity contribution is -0.127. The molecule has 2 N–H and O–H groups in total. The van der Waals surface area contributed by atoms with Crippen LogP contribution >= 0.6 is 11.6 Å². The Morgan fingerprint density at radius 3 is 2.90 bits per heavy atom. The number of rotatable bonds is 5. The van der Waals surface area contributed by atoms with E-state index in [1.165, 1.54) is 18.2 Å². The van der Waals surface area contributed by atoms with Crippen LogP contribution in [-0.2, 0) is 4.79 Å². The van der Waals surface area contributed by atoms with Crippen molar-refractivity contribution in [3.8, 4) is 0 Å². The number of amides is 3. The predicted molar refractivity (Wildman–Crippen MR) is 78.9 cm³/mol. The normalized spacial score (nSPS) is 14.4. The van der Waals surface area contributed by atoms with Crippen LogP contribution < -0.4 is 10.6 Å². The third-order valence-corrected chi connectivity index (χ3v) is 3.58. The molecule has 114 valence electrons. The molecule has 2 rings (SSSR count). The molecule has 7 heteroatoms. The molecule has 21 heavy (non-hydrogen) atoms. The molecular weight excluding hydrogens is 297 g/mol. The fourth-order valence-electron chi connectivity index (χ4n) is 2.19. The summed E-state index contributed by atoms with van der Waals surface area (Å²) in [6.07, 6.45) is 2.17. The first kappa shape index (κ1) is 15.6. The highest BCUT2D eigenvalue weighted by Crippen LogP contribution is 2.24. The van der Waals surface area contributed by atoms with Gasteiger partial charge in [0, 0.05) is 26.1 Å². The number of nitrogens with zero attached hydrogens (tertiary/aromatic N) is 1. The zero-order valence-corrected chi connectivity index (χ0v) is 12.3. The Morgan fingerprint density at radius 1 is 1.43 bits per heavy atom.